The van der Waals surface area contributed by atoms with E-state index >= 15 is 0 Å². The van der Waals surface area contributed by atoms with Crippen LogP contribution in [-0.2, 0) is 6.54 Å². The molecule has 5 heteroatoms. The molecule has 3 heterocycles. The number of fused-ring (bicyclic) bond motifs is 1. The molecule has 0 saturated carbocycles. The number of hydrogen-bond donors (Lipinski definition) is 0. The van der Waals surface area contributed by atoms with E-state index in [2.05, 4.69) is 9.55 Å². The quantitative estimate of drug-likeness (QED) is 0.678. The van der Waals surface area contributed by atoms with Crippen molar-refractivity contribution in [1.82, 2.24) is 9.55 Å². The van der Waals surface area contributed by atoms with Gasteiger partial charge in [0.25, 0.3) is 0 Å². The Labute approximate surface area is 119 Å². The van der Waals surface area contributed by atoms with Crippen LogP contribution < -0.4 is 4.74 Å². The number of thiophene rings is 1. The van der Waals surface area contributed by atoms with E-state index in [0.29, 0.717) is 11.7 Å². The van der Waals surface area contributed by atoms with E-state index in [1.165, 1.54) is 11.3 Å². The Kier molecular flexibility index (Phi) is 3.12. The highest BCUT2D eigenvalue weighted by Crippen LogP contribution is 2.28. The molecule has 96 valence electrons. The highest BCUT2D eigenvalue weighted by atomic mass is 35.5. The van der Waals surface area contributed by atoms with Crippen LogP contribution in [0.1, 0.15) is 11.1 Å². The Bertz CT molecular complexity index is 745. The summed E-state index contributed by atoms with van der Waals surface area (Å²) < 4.78 is 2.15. The van der Waals surface area contributed by atoms with Crippen LogP contribution in [-0.4, -0.2) is 9.55 Å². The molecule has 0 bridgehead atoms. The van der Waals surface area contributed by atoms with Crippen LogP contribution in [0.15, 0.2) is 41.5 Å². The molecule has 1 aromatic heterocycles. The lowest BCUT2D eigenvalue weighted by molar-refractivity contribution is 0.795. The first-order valence-electron chi connectivity index (χ1n) is 5.83. The Morgan fingerprint density at radius 1 is 1.37 bits per heavy atom. The monoisotopic (exact) mass is 290 g/mol. The number of pyridine rings is 2. The Hall–Kier alpha value is -1.65. The maximum absolute atomic E-state index is 11.6. The standard InChI is InChI=1S/C14H11ClN2OS/c1-9-4-5-17(11-6-13(18)19-14(9)11)8-10-2-3-12(15)16-7-10/h2-7H,8H2,1H3. The molecule has 0 amide bonds. The zero-order valence-corrected chi connectivity index (χ0v) is 11.8. The minimum Gasteiger partial charge on any atom is -0.342 e. The summed E-state index contributed by atoms with van der Waals surface area (Å²) in [6, 6.07) is 7.44. The molecule has 1 aromatic rings. The largest absolute Gasteiger partial charge is 0.342 e. The van der Waals surface area contributed by atoms with Crippen molar-refractivity contribution in [2.24, 2.45) is 0 Å². The molecule has 0 spiro atoms. The molecule has 0 aliphatic carbocycles. The third-order valence-corrected chi connectivity index (χ3v) is 4.28. The summed E-state index contributed by atoms with van der Waals surface area (Å²) in [4.78, 5) is 16.7. The van der Waals surface area contributed by atoms with E-state index in [1.807, 2.05) is 25.3 Å². The molecule has 0 radical (unpaired) electrons. The van der Waals surface area contributed by atoms with Crippen LogP contribution in [0.2, 0.25) is 5.15 Å². The van der Waals surface area contributed by atoms with Crippen molar-refractivity contribution in [3.8, 4) is 10.6 Å². The zero-order chi connectivity index (χ0) is 13.4. The number of halogens is 1. The van der Waals surface area contributed by atoms with E-state index in [4.69, 9.17) is 11.6 Å². The van der Waals surface area contributed by atoms with Crippen molar-refractivity contribution in [3.63, 3.8) is 0 Å². The maximum Gasteiger partial charge on any atom is 0.235 e. The Balaban J connectivity index is 2.04. The number of aromatic nitrogens is 2. The first kappa shape index (κ1) is 12.4. The fourth-order valence-corrected chi connectivity index (χ4v) is 3.04. The third kappa shape index (κ3) is 2.41. The predicted octanol–water partition coefficient (Wildman–Crippen LogP) is 3.42. The molecule has 2 aliphatic heterocycles. The number of nitrogens with zero attached hydrogens (tertiary/aromatic N) is 2. The van der Waals surface area contributed by atoms with E-state index in [0.717, 1.165) is 21.7 Å². The van der Waals surface area contributed by atoms with Crippen molar-refractivity contribution in [2.45, 2.75) is 13.5 Å². The molecular weight excluding hydrogens is 280 g/mol. The van der Waals surface area contributed by atoms with Crippen molar-refractivity contribution >= 4 is 22.9 Å². The van der Waals surface area contributed by atoms with E-state index in [-0.39, 0.29) is 4.74 Å². The fourth-order valence-electron chi connectivity index (χ4n) is 2.05. The van der Waals surface area contributed by atoms with Crippen molar-refractivity contribution in [2.75, 3.05) is 0 Å². The van der Waals surface area contributed by atoms with Crippen molar-refractivity contribution in [3.05, 3.63) is 62.5 Å². The first-order valence-corrected chi connectivity index (χ1v) is 7.03. The molecule has 0 unspecified atom stereocenters. The number of rotatable bonds is 2. The summed E-state index contributed by atoms with van der Waals surface area (Å²) in [7, 11) is 0. The third-order valence-electron chi connectivity index (χ3n) is 3.00. The lowest BCUT2D eigenvalue weighted by Gasteiger charge is -2.13. The van der Waals surface area contributed by atoms with Crippen LogP contribution in [0.25, 0.3) is 10.6 Å². The Morgan fingerprint density at radius 3 is 2.95 bits per heavy atom. The van der Waals surface area contributed by atoms with Crippen LogP contribution in [0.5, 0.6) is 0 Å². The predicted molar refractivity (Wildman–Crippen MR) is 78.3 cm³/mol. The van der Waals surface area contributed by atoms with Gasteiger partial charge in [-0.05, 0) is 30.2 Å². The lowest BCUT2D eigenvalue weighted by atomic mass is 10.2. The smallest absolute Gasteiger partial charge is 0.235 e. The molecule has 19 heavy (non-hydrogen) atoms. The molecule has 2 aliphatic rings. The van der Waals surface area contributed by atoms with Gasteiger partial charge in [-0.2, -0.15) is 0 Å². The van der Waals surface area contributed by atoms with Gasteiger partial charge in [-0.25, -0.2) is 4.98 Å². The summed E-state index contributed by atoms with van der Waals surface area (Å²) in [5.41, 5.74) is 3.16. The van der Waals surface area contributed by atoms with Crippen LogP contribution in [0.4, 0.5) is 0 Å². The summed E-state index contributed by atoms with van der Waals surface area (Å²) in [6.07, 6.45) is 3.75. The molecule has 0 saturated heterocycles. The highest BCUT2D eigenvalue weighted by Gasteiger charge is 2.13. The van der Waals surface area contributed by atoms with Crippen LogP contribution >= 0.6 is 22.9 Å². The van der Waals surface area contributed by atoms with Gasteiger partial charge in [0.05, 0.1) is 10.6 Å². The fraction of sp³-hybridized carbons (Fsp3) is 0.143. The van der Waals surface area contributed by atoms with Gasteiger partial charge in [0.2, 0.25) is 4.74 Å². The average molecular weight is 291 g/mol. The molecule has 3 rings (SSSR count). The lowest BCUT2D eigenvalue weighted by Crippen LogP contribution is -2.04. The minimum atomic E-state index is 0.0901. The van der Waals surface area contributed by atoms with Crippen molar-refractivity contribution < 1.29 is 0 Å². The molecule has 0 atom stereocenters. The second kappa shape index (κ2) is 4.79. The van der Waals surface area contributed by atoms with Gasteiger partial charge in [-0.1, -0.05) is 29.0 Å². The normalized spacial score (nSPS) is 11.1. The molecule has 0 N–H and O–H groups in total. The molecule has 0 aromatic carbocycles. The highest BCUT2D eigenvalue weighted by molar-refractivity contribution is 7.13. The molecule has 0 fully saturated rings. The SMILES string of the molecule is Cc1ccn(Cc2ccc(Cl)nc2)c2cc(=O)sc1-2. The van der Waals surface area contributed by atoms with E-state index in [9.17, 15) is 4.79 Å². The average Bonchev–Trinajstić information content (AvgIpc) is 2.78. The Morgan fingerprint density at radius 2 is 2.21 bits per heavy atom. The van der Waals surface area contributed by atoms with E-state index < -0.39 is 0 Å². The van der Waals surface area contributed by atoms with Gasteiger partial charge in [0.15, 0.2) is 0 Å². The second-order valence-corrected chi connectivity index (χ2v) is 5.80. The maximum atomic E-state index is 11.6. The second-order valence-electron chi connectivity index (χ2n) is 4.40. The summed E-state index contributed by atoms with van der Waals surface area (Å²) in [6.45, 7) is 2.70. The number of aryl methyl sites for hydroxylation is 1. The van der Waals surface area contributed by atoms with Crippen LogP contribution in [0.3, 0.4) is 0 Å². The topological polar surface area (TPSA) is 34.9 Å². The summed E-state index contributed by atoms with van der Waals surface area (Å²) in [5, 5.41) is 0.486. The molecule has 3 nitrogen and oxygen atoms in total. The molecular formula is C14H11ClN2OS. The van der Waals surface area contributed by atoms with Gasteiger partial charge in [-0.15, -0.1) is 0 Å². The van der Waals surface area contributed by atoms with Gasteiger partial charge >= 0.3 is 0 Å². The van der Waals surface area contributed by atoms with Gasteiger partial charge in [-0.3, -0.25) is 4.79 Å². The van der Waals surface area contributed by atoms with Crippen LogP contribution in [0, 0.1) is 6.92 Å². The van der Waals surface area contributed by atoms with Crippen molar-refractivity contribution in [1.29, 1.82) is 0 Å². The number of hydrogen-bond acceptors (Lipinski definition) is 3. The first-order chi connectivity index (χ1) is 9.13. The zero-order valence-electron chi connectivity index (χ0n) is 10.3. The van der Waals surface area contributed by atoms with E-state index in [1.54, 1.807) is 18.3 Å². The summed E-state index contributed by atoms with van der Waals surface area (Å²) in [5.74, 6) is 0. The van der Waals surface area contributed by atoms with Gasteiger partial charge in [0, 0.05) is 25.0 Å². The summed E-state index contributed by atoms with van der Waals surface area (Å²) >= 11 is 7.07. The van der Waals surface area contributed by atoms with Gasteiger partial charge < -0.3 is 4.57 Å². The minimum absolute atomic E-state index is 0.0901. The van der Waals surface area contributed by atoms with Gasteiger partial charge in [0.1, 0.15) is 5.15 Å².